The maximum absolute atomic E-state index is 7.65. The first-order chi connectivity index (χ1) is 21.8. The van der Waals surface area contributed by atoms with Gasteiger partial charge >= 0.3 is 0 Å². The Balaban J connectivity index is 1.83. The summed E-state index contributed by atoms with van der Waals surface area (Å²) in [6, 6.07) is 15.2. The Kier molecular flexibility index (Phi) is 15.7. The van der Waals surface area contributed by atoms with E-state index >= 15 is 0 Å². The summed E-state index contributed by atoms with van der Waals surface area (Å²) in [7, 11) is 0. The third-order valence-electron chi connectivity index (χ3n) is 10.2. The predicted octanol–water partition coefficient (Wildman–Crippen LogP) is 11.4. The van der Waals surface area contributed by atoms with Crippen LogP contribution < -0.4 is 5.32 Å². The number of hydrogen-bond acceptors (Lipinski definition) is 3. The highest BCUT2D eigenvalue weighted by Crippen LogP contribution is 2.37. The Hall–Kier alpha value is -3.07. The minimum Gasteiger partial charge on any atom is -0.354 e. The van der Waals surface area contributed by atoms with Crippen molar-refractivity contribution >= 4 is 11.9 Å². The molecule has 0 saturated heterocycles. The van der Waals surface area contributed by atoms with Crippen molar-refractivity contribution < 1.29 is 0 Å². The second-order valence-electron chi connectivity index (χ2n) is 13.8. The van der Waals surface area contributed by atoms with Gasteiger partial charge in [0.2, 0.25) is 0 Å². The molecule has 1 aliphatic rings. The summed E-state index contributed by atoms with van der Waals surface area (Å²) in [4.78, 5) is 2.59. The highest BCUT2D eigenvalue weighted by molar-refractivity contribution is 5.77. The van der Waals surface area contributed by atoms with Gasteiger partial charge in [0.25, 0.3) is 0 Å². The van der Waals surface area contributed by atoms with Gasteiger partial charge in [0, 0.05) is 25.0 Å². The van der Waals surface area contributed by atoms with Gasteiger partial charge in [-0.1, -0.05) is 116 Å². The van der Waals surface area contributed by atoms with Crippen LogP contribution in [-0.4, -0.2) is 24.2 Å². The maximum Gasteiger partial charge on any atom is 0.104 e. The third kappa shape index (κ3) is 11.7. The van der Waals surface area contributed by atoms with Crippen LogP contribution >= 0.6 is 0 Å². The molecule has 2 N–H and O–H groups in total. The normalized spacial score (nSPS) is 16.4. The molecule has 2 aromatic rings. The molecule has 45 heavy (non-hydrogen) atoms. The van der Waals surface area contributed by atoms with Gasteiger partial charge in [-0.2, -0.15) is 0 Å². The van der Waals surface area contributed by atoms with E-state index in [0.29, 0.717) is 17.8 Å². The Morgan fingerprint density at radius 3 is 2.42 bits per heavy atom. The Bertz CT molecular complexity index is 1240. The SMILES string of the molecule is C=CCC(/C=C\Cc1cccc(C=N)c1)C(CN1CC=C1Nc1cc(C)cc(CC)c1)C(CCC)CCC(C)C(C)CCCC. The minimum atomic E-state index is 0.449. The zero-order valence-corrected chi connectivity index (χ0v) is 29.5. The van der Waals surface area contributed by atoms with Gasteiger partial charge in [-0.3, -0.25) is 0 Å². The second-order valence-corrected chi connectivity index (χ2v) is 13.8. The molecule has 3 heteroatoms. The third-order valence-corrected chi connectivity index (χ3v) is 10.2. The average Bonchev–Trinajstić information content (AvgIpc) is 3.03. The lowest BCUT2D eigenvalue weighted by molar-refractivity contribution is 0.154. The molecule has 0 aliphatic carbocycles. The van der Waals surface area contributed by atoms with Crippen molar-refractivity contribution in [3.05, 3.63) is 101 Å². The molecule has 0 amide bonds. The molecule has 0 radical (unpaired) electrons. The van der Waals surface area contributed by atoms with Crippen LogP contribution in [0.4, 0.5) is 5.69 Å². The first-order valence-corrected chi connectivity index (χ1v) is 18.0. The number of benzene rings is 2. The second kappa shape index (κ2) is 19.4. The highest BCUT2D eigenvalue weighted by Gasteiger charge is 2.32. The first-order valence-electron chi connectivity index (χ1n) is 18.0. The number of nitrogens with zero attached hydrogens (tertiary/aromatic N) is 1. The topological polar surface area (TPSA) is 39.1 Å². The molecule has 0 fully saturated rings. The molecule has 246 valence electrons. The van der Waals surface area contributed by atoms with Gasteiger partial charge < -0.3 is 15.6 Å². The quantitative estimate of drug-likeness (QED) is 0.103. The van der Waals surface area contributed by atoms with Crippen molar-refractivity contribution in [2.45, 2.75) is 106 Å². The summed E-state index contributed by atoms with van der Waals surface area (Å²) in [5, 5.41) is 11.4. The largest absolute Gasteiger partial charge is 0.354 e. The first kappa shape index (κ1) is 36.4. The average molecular weight is 610 g/mol. The van der Waals surface area contributed by atoms with Gasteiger partial charge in [-0.05, 0) is 109 Å². The van der Waals surface area contributed by atoms with Crippen molar-refractivity contribution in [1.82, 2.24) is 4.90 Å². The highest BCUT2D eigenvalue weighted by atomic mass is 15.3. The molecule has 5 unspecified atom stereocenters. The van der Waals surface area contributed by atoms with Crippen molar-refractivity contribution in [3.63, 3.8) is 0 Å². The van der Waals surface area contributed by atoms with Gasteiger partial charge in [-0.15, -0.1) is 6.58 Å². The summed E-state index contributed by atoms with van der Waals surface area (Å²) in [5.74, 6) is 4.50. The van der Waals surface area contributed by atoms with Crippen molar-refractivity contribution in [1.29, 1.82) is 5.41 Å². The van der Waals surface area contributed by atoms with Crippen LogP contribution in [0, 0.1) is 41.9 Å². The van der Waals surface area contributed by atoms with E-state index in [1.165, 1.54) is 79.4 Å². The molecule has 0 bridgehead atoms. The summed E-state index contributed by atoms with van der Waals surface area (Å²) in [6.07, 6.45) is 22.9. The van der Waals surface area contributed by atoms with Gasteiger partial charge in [0.05, 0.1) is 0 Å². The lowest BCUT2D eigenvalue weighted by Crippen LogP contribution is -2.42. The number of anilines is 1. The van der Waals surface area contributed by atoms with E-state index in [2.05, 4.69) is 119 Å². The minimum absolute atomic E-state index is 0.449. The summed E-state index contributed by atoms with van der Waals surface area (Å²) in [5.41, 5.74) is 6.14. The molecule has 0 aromatic heterocycles. The predicted molar refractivity (Wildman–Crippen MR) is 198 cm³/mol. The summed E-state index contributed by atoms with van der Waals surface area (Å²) in [6.45, 7) is 20.4. The fourth-order valence-electron chi connectivity index (χ4n) is 7.08. The van der Waals surface area contributed by atoms with E-state index in [9.17, 15) is 0 Å². The molecule has 3 nitrogen and oxygen atoms in total. The van der Waals surface area contributed by atoms with Crippen LogP contribution in [0.1, 0.15) is 108 Å². The van der Waals surface area contributed by atoms with Crippen molar-refractivity contribution in [2.75, 3.05) is 18.4 Å². The monoisotopic (exact) mass is 610 g/mol. The Morgan fingerprint density at radius 2 is 1.76 bits per heavy atom. The molecular weight excluding hydrogens is 546 g/mol. The number of hydrogen-bond donors (Lipinski definition) is 2. The fraction of sp³-hybridized carbons (Fsp3) is 0.548. The van der Waals surface area contributed by atoms with Crippen LogP contribution in [0.2, 0.25) is 0 Å². The molecule has 3 rings (SSSR count). The zero-order valence-electron chi connectivity index (χ0n) is 29.5. The van der Waals surface area contributed by atoms with Crippen molar-refractivity contribution in [3.8, 4) is 0 Å². The number of aryl methyl sites for hydroxylation is 2. The molecule has 0 spiro atoms. The lowest BCUT2D eigenvalue weighted by atomic mass is 9.73. The van der Waals surface area contributed by atoms with E-state index in [1.54, 1.807) is 0 Å². The smallest absolute Gasteiger partial charge is 0.104 e. The zero-order chi connectivity index (χ0) is 32.6. The lowest BCUT2D eigenvalue weighted by Gasteiger charge is -2.42. The molecule has 5 atom stereocenters. The number of allylic oxidation sites excluding steroid dienone is 3. The van der Waals surface area contributed by atoms with Gasteiger partial charge in [-0.25, -0.2) is 0 Å². The molecule has 1 aliphatic heterocycles. The van der Waals surface area contributed by atoms with Gasteiger partial charge in [0.1, 0.15) is 5.82 Å². The van der Waals surface area contributed by atoms with Crippen molar-refractivity contribution in [2.24, 2.45) is 29.6 Å². The van der Waals surface area contributed by atoms with E-state index < -0.39 is 0 Å². The molecule has 1 heterocycles. The standard InChI is InChI=1S/C42H63N3/c1-8-12-17-33(6)34(7)22-23-39(16-10-3)41(38(15-9-2)21-14-19-36-18-13-20-37(28-36)30-43)31-45-25-24-42(45)44-40-27-32(5)26-35(11-4)29-40/h9,13-14,18,20-21,24,26-30,33-34,38-39,41,43-44H,2,8,10-12,15-17,19,22-23,25,31H2,1,3-7H3/b21-14-,43-30?. The van der Waals surface area contributed by atoms with Gasteiger partial charge in [0.15, 0.2) is 0 Å². The van der Waals surface area contributed by atoms with E-state index in [0.717, 1.165) is 49.8 Å². The van der Waals surface area contributed by atoms with Crippen LogP contribution in [-0.2, 0) is 12.8 Å². The molecule has 0 saturated carbocycles. The summed E-state index contributed by atoms with van der Waals surface area (Å²) < 4.78 is 0. The Labute approximate surface area is 276 Å². The fourth-order valence-corrected chi connectivity index (χ4v) is 7.08. The number of nitrogens with one attached hydrogen (secondary N) is 2. The van der Waals surface area contributed by atoms with Crippen LogP contribution in [0.25, 0.3) is 0 Å². The van der Waals surface area contributed by atoms with Crippen LogP contribution in [0.5, 0.6) is 0 Å². The summed E-state index contributed by atoms with van der Waals surface area (Å²) >= 11 is 0. The van der Waals surface area contributed by atoms with E-state index in [-0.39, 0.29) is 0 Å². The maximum atomic E-state index is 7.65. The number of unbranched alkanes of at least 4 members (excludes halogenated alkanes) is 1. The number of rotatable bonds is 22. The molecule has 2 aromatic carbocycles. The van der Waals surface area contributed by atoms with E-state index in [4.69, 9.17) is 5.41 Å². The Morgan fingerprint density at radius 1 is 0.956 bits per heavy atom. The van der Waals surface area contributed by atoms with Crippen LogP contribution in [0.3, 0.4) is 0 Å². The molecular formula is C42H63N3. The van der Waals surface area contributed by atoms with E-state index in [1.807, 2.05) is 6.07 Å². The van der Waals surface area contributed by atoms with Crippen LogP contribution in [0.15, 0.2) is 79.2 Å².